The van der Waals surface area contributed by atoms with Crippen molar-refractivity contribution in [3.05, 3.63) is 106 Å². The molecule has 0 fully saturated rings. The van der Waals surface area contributed by atoms with Gasteiger partial charge in [-0.25, -0.2) is 0 Å². The Morgan fingerprint density at radius 3 is 1.61 bits per heavy atom. The van der Waals surface area contributed by atoms with Crippen LogP contribution in [0.5, 0.6) is 0 Å². The quantitative estimate of drug-likeness (QED) is 0.388. The maximum absolute atomic E-state index is 13.2. The molecule has 4 rings (SSSR count). The van der Waals surface area contributed by atoms with Gasteiger partial charge < -0.3 is 5.32 Å². The summed E-state index contributed by atoms with van der Waals surface area (Å²) in [6.07, 6.45) is 0. The number of carbonyl (C=O) groups excluding carboxylic acids is 3. The Morgan fingerprint density at radius 2 is 1.19 bits per heavy atom. The van der Waals surface area contributed by atoms with Gasteiger partial charge in [0.2, 0.25) is 5.91 Å². The lowest BCUT2D eigenvalue weighted by molar-refractivity contribution is -0.384. The number of carbonyl (C=O) groups is 3. The molecule has 7 heteroatoms. The molecular weight excluding hydrogens is 396 g/mol. The molecule has 31 heavy (non-hydrogen) atoms. The second kappa shape index (κ2) is 8.16. The first-order chi connectivity index (χ1) is 15.0. The van der Waals surface area contributed by atoms with Crippen molar-refractivity contribution in [1.29, 1.82) is 0 Å². The molecule has 7 nitrogen and oxygen atoms in total. The molecule has 0 bridgehead atoms. The lowest BCUT2D eigenvalue weighted by Gasteiger charge is -2.10. The lowest BCUT2D eigenvalue weighted by Crippen LogP contribution is -2.32. The second-order valence-corrected chi connectivity index (χ2v) is 6.94. The molecule has 0 saturated carbocycles. The lowest BCUT2D eigenvalue weighted by atomic mass is 9.96. The topological polar surface area (TPSA) is 106 Å². The van der Waals surface area contributed by atoms with Gasteiger partial charge in [-0.2, -0.15) is 0 Å². The highest BCUT2D eigenvalue weighted by atomic mass is 16.6. The van der Waals surface area contributed by atoms with Gasteiger partial charge in [0.05, 0.1) is 4.92 Å². The van der Waals surface area contributed by atoms with Crippen molar-refractivity contribution >= 4 is 40.0 Å². The average Bonchev–Trinajstić information content (AvgIpc) is 3.05. The van der Waals surface area contributed by atoms with Crippen molar-refractivity contribution in [2.24, 2.45) is 5.92 Å². The molecule has 152 valence electrons. The molecule has 1 N–H and O–H groups in total. The third-order valence-corrected chi connectivity index (χ3v) is 5.00. The molecule has 1 aliphatic rings. The van der Waals surface area contributed by atoms with Gasteiger partial charge in [-0.15, -0.1) is 0 Å². The molecule has 1 aliphatic carbocycles. The molecule has 0 unspecified atom stereocenters. The zero-order chi connectivity index (χ0) is 22.0. The van der Waals surface area contributed by atoms with Gasteiger partial charge in [0.15, 0.2) is 17.5 Å². The molecule has 1 amide bonds. The number of nitrogens with zero attached hydrogens (tertiary/aromatic N) is 1. The van der Waals surface area contributed by atoms with Gasteiger partial charge in [0.1, 0.15) is 0 Å². The highest BCUT2D eigenvalue weighted by molar-refractivity contribution is 6.57. The second-order valence-electron chi connectivity index (χ2n) is 6.94. The number of nitro groups is 1. The van der Waals surface area contributed by atoms with Crippen LogP contribution in [0.3, 0.4) is 0 Å². The molecule has 0 spiro atoms. The van der Waals surface area contributed by atoms with Crippen LogP contribution in [-0.4, -0.2) is 22.4 Å². The largest absolute Gasteiger partial charge is 0.325 e. The minimum atomic E-state index is -1.53. The number of amides is 1. The first-order valence-electron chi connectivity index (χ1n) is 9.46. The molecule has 0 atom stereocenters. The number of hydrogen-bond donors (Lipinski definition) is 1. The maximum atomic E-state index is 13.2. The normalized spacial score (nSPS) is 14.1. The van der Waals surface area contributed by atoms with Gasteiger partial charge in [-0.1, -0.05) is 60.7 Å². The minimum absolute atomic E-state index is 0.134. The van der Waals surface area contributed by atoms with Crippen LogP contribution in [-0.2, 0) is 14.4 Å². The Morgan fingerprint density at radius 1 is 0.742 bits per heavy atom. The fourth-order valence-electron chi connectivity index (χ4n) is 3.56. The molecule has 0 aliphatic heterocycles. The number of non-ortho nitro benzene ring substituents is 1. The summed E-state index contributed by atoms with van der Waals surface area (Å²) in [7, 11) is 0. The van der Waals surface area contributed by atoms with E-state index in [2.05, 4.69) is 5.32 Å². The third kappa shape index (κ3) is 3.76. The summed E-state index contributed by atoms with van der Waals surface area (Å²) in [5.74, 6) is -3.45. The van der Waals surface area contributed by atoms with E-state index < -0.39 is 28.3 Å². The van der Waals surface area contributed by atoms with E-state index in [1.165, 1.54) is 24.3 Å². The van der Waals surface area contributed by atoms with Crippen LogP contribution >= 0.6 is 0 Å². The number of hydrogen-bond acceptors (Lipinski definition) is 5. The first-order valence-corrected chi connectivity index (χ1v) is 9.46. The number of rotatable bonds is 5. The van der Waals surface area contributed by atoms with Crippen molar-refractivity contribution in [1.82, 2.24) is 0 Å². The molecule has 0 heterocycles. The highest BCUT2D eigenvalue weighted by Gasteiger charge is 2.46. The average molecular weight is 412 g/mol. The van der Waals surface area contributed by atoms with E-state index in [0.717, 1.165) is 0 Å². The number of anilines is 1. The summed E-state index contributed by atoms with van der Waals surface area (Å²) in [6, 6.07) is 22.7. The zero-order valence-electron chi connectivity index (χ0n) is 16.1. The van der Waals surface area contributed by atoms with Crippen LogP contribution in [0, 0.1) is 16.0 Å². The standard InChI is InChI=1S/C24H16N2O5/c27-22-19(15-7-3-1-4-8-15)20(16-9-5-2-6-10-16)23(28)21(22)24(29)25-17-11-13-18(14-12-17)26(30)31/h1-14,21H,(H,25,29). The Hall–Kier alpha value is -4.39. The van der Waals surface area contributed by atoms with E-state index in [9.17, 15) is 24.5 Å². The van der Waals surface area contributed by atoms with Gasteiger partial charge in [0.25, 0.3) is 5.69 Å². The summed E-state index contributed by atoms with van der Waals surface area (Å²) in [5, 5.41) is 13.3. The van der Waals surface area contributed by atoms with E-state index in [0.29, 0.717) is 11.1 Å². The number of nitro benzene ring substituents is 1. The smallest absolute Gasteiger partial charge is 0.269 e. The summed E-state index contributed by atoms with van der Waals surface area (Å²) in [4.78, 5) is 49.6. The number of allylic oxidation sites excluding steroid dienone is 2. The summed E-state index contributed by atoms with van der Waals surface area (Å²) < 4.78 is 0. The number of ketones is 2. The van der Waals surface area contributed by atoms with Crippen LogP contribution in [0.2, 0.25) is 0 Å². The molecule has 0 aromatic heterocycles. The Kier molecular flexibility index (Phi) is 5.24. The molecule has 3 aromatic carbocycles. The van der Waals surface area contributed by atoms with Crippen molar-refractivity contribution < 1.29 is 19.3 Å². The summed E-state index contributed by atoms with van der Waals surface area (Å²) in [6.45, 7) is 0. The molecule has 3 aromatic rings. The predicted molar refractivity (Wildman–Crippen MR) is 115 cm³/mol. The van der Waals surface area contributed by atoms with E-state index in [4.69, 9.17) is 0 Å². The van der Waals surface area contributed by atoms with Crippen molar-refractivity contribution in [3.63, 3.8) is 0 Å². The third-order valence-electron chi connectivity index (χ3n) is 5.00. The van der Waals surface area contributed by atoms with Gasteiger partial charge in [-0.3, -0.25) is 24.5 Å². The van der Waals surface area contributed by atoms with Crippen LogP contribution in [0.4, 0.5) is 11.4 Å². The Balaban J connectivity index is 1.69. The number of benzene rings is 3. The van der Waals surface area contributed by atoms with Gasteiger partial charge >= 0.3 is 0 Å². The SMILES string of the molecule is O=C(Nc1ccc([N+](=O)[O-])cc1)C1C(=O)C(c2ccccc2)=C(c2ccccc2)C1=O. The fourth-order valence-corrected chi connectivity index (χ4v) is 3.56. The van der Waals surface area contributed by atoms with E-state index in [1.54, 1.807) is 60.7 Å². The molecule has 0 saturated heterocycles. The summed E-state index contributed by atoms with van der Waals surface area (Å²) >= 11 is 0. The van der Waals surface area contributed by atoms with Gasteiger partial charge in [-0.05, 0) is 23.3 Å². The van der Waals surface area contributed by atoms with Crippen LogP contribution in [0.1, 0.15) is 11.1 Å². The minimum Gasteiger partial charge on any atom is -0.325 e. The van der Waals surface area contributed by atoms with Crippen molar-refractivity contribution in [2.75, 3.05) is 5.32 Å². The molecular formula is C24H16N2O5. The zero-order valence-corrected chi connectivity index (χ0v) is 16.1. The highest BCUT2D eigenvalue weighted by Crippen LogP contribution is 2.38. The van der Waals surface area contributed by atoms with E-state index in [-0.39, 0.29) is 22.5 Å². The van der Waals surface area contributed by atoms with Crippen LogP contribution in [0.15, 0.2) is 84.9 Å². The van der Waals surface area contributed by atoms with Crippen molar-refractivity contribution in [3.8, 4) is 0 Å². The van der Waals surface area contributed by atoms with Crippen LogP contribution in [0.25, 0.3) is 11.1 Å². The number of nitrogens with one attached hydrogen (secondary N) is 1. The monoisotopic (exact) mass is 412 g/mol. The maximum Gasteiger partial charge on any atom is 0.269 e. The van der Waals surface area contributed by atoms with Crippen LogP contribution < -0.4 is 5.32 Å². The Bertz CT molecular complexity index is 1150. The fraction of sp³-hybridized carbons (Fsp3) is 0.0417. The van der Waals surface area contributed by atoms with Gasteiger partial charge in [0, 0.05) is 29.0 Å². The molecule has 0 radical (unpaired) electrons. The number of Topliss-reactive ketones (excluding diaryl/α,β-unsaturated/α-hetero) is 2. The Labute approximate surface area is 177 Å². The predicted octanol–water partition coefficient (Wildman–Crippen LogP) is 3.91. The van der Waals surface area contributed by atoms with Crippen molar-refractivity contribution in [2.45, 2.75) is 0 Å². The first kappa shape index (κ1) is 19.9. The summed E-state index contributed by atoms with van der Waals surface area (Å²) in [5.41, 5.74) is 1.66. The van der Waals surface area contributed by atoms with E-state index >= 15 is 0 Å². The van der Waals surface area contributed by atoms with E-state index in [1.807, 2.05) is 0 Å².